The van der Waals surface area contributed by atoms with Gasteiger partial charge >= 0.3 is 0 Å². The highest BCUT2D eigenvalue weighted by molar-refractivity contribution is 5.38. The van der Waals surface area contributed by atoms with Crippen LogP contribution < -0.4 is 11.3 Å². The van der Waals surface area contributed by atoms with Gasteiger partial charge in [-0.05, 0) is 51.7 Å². The van der Waals surface area contributed by atoms with Gasteiger partial charge in [0.1, 0.15) is 0 Å². The van der Waals surface area contributed by atoms with Crippen molar-refractivity contribution in [3.05, 3.63) is 28.2 Å². The second-order valence-corrected chi connectivity index (χ2v) is 5.30. The summed E-state index contributed by atoms with van der Waals surface area (Å²) in [4.78, 5) is 12.0. The lowest BCUT2D eigenvalue weighted by Crippen LogP contribution is -2.37. The molecule has 0 radical (unpaired) electrons. The normalized spacial score (nSPS) is 16.7. The van der Waals surface area contributed by atoms with Gasteiger partial charge in [0.2, 0.25) is 0 Å². The Balaban J connectivity index is 2.66. The molecule has 1 heterocycles. The van der Waals surface area contributed by atoms with E-state index in [1.54, 1.807) is 6.07 Å². The lowest BCUT2D eigenvalue weighted by atomic mass is 10.1. The number of pyridine rings is 1. The van der Waals surface area contributed by atoms with Crippen LogP contribution in [0.3, 0.4) is 0 Å². The topological polar surface area (TPSA) is 48.0 Å². The predicted octanol–water partition coefficient (Wildman–Crippen LogP) is 2.06. The van der Waals surface area contributed by atoms with E-state index in [0.29, 0.717) is 11.6 Å². The van der Waals surface area contributed by atoms with E-state index in [0.717, 1.165) is 5.69 Å². The second kappa shape index (κ2) is 3.12. The molecule has 0 bridgehead atoms. The Bertz CT molecular complexity index is 436. The number of nitrogens with zero attached hydrogens (tertiary/aromatic N) is 1. The standard InChI is InChI=1S/C12H18N2O/c1-12(2,3)14-10(8-4-5-8)7-6-9(13)11(14)15/h6-8H,4-5,13H2,1-3H3. The van der Waals surface area contributed by atoms with Gasteiger partial charge < -0.3 is 10.3 Å². The van der Waals surface area contributed by atoms with E-state index in [1.165, 1.54) is 12.8 Å². The largest absolute Gasteiger partial charge is 0.394 e. The molecular formula is C12H18N2O. The molecule has 0 spiro atoms. The molecule has 0 atom stereocenters. The van der Waals surface area contributed by atoms with E-state index in [-0.39, 0.29) is 11.1 Å². The highest BCUT2D eigenvalue weighted by Gasteiger charge is 2.30. The van der Waals surface area contributed by atoms with Gasteiger partial charge in [0.05, 0.1) is 5.69 Å². The predicted molar refractivity (Wildman–Crippen MR) is 62.1 cm³/mol. The summed E-state index contributed by atoms with van der Waals surface area (Å²) in [5.74, 6) is 0.567. The van der Waals surface area contributed by atoms with Crippen molar-refractivity contribution in [1.82, 2.24) is 4.57 Å². The summed E-state index contributed by atoms with van der Waals surface area (Å²) < 4.78 is 1.85. The SMILES string of the molecule is CC(C)(C)n1c(C2CC2)ccc(N)c1=O. The Morgan fingerprint density at radius 1 is 1.33 bits per heavy atom. The zero-order chi connectivity index (χ0) is 11.2. The molecular weight excluding hydrogens is 188 g/mol. The van der Waals surface area contributed by atoms with Crippen molar-refractivity contribution in [2.45, 2.75) is 45.1 Å². The molecule has 0 aliphatic heterocycles. The maximum Gasteiger partial charge on any atom is 0.274 e. The van der Waals surface area contributed by atoms with Crippen LogP contribution in [0.25, 0.3) is 0 Å². The summed E-state index contributed by atoms with van der Waals surface area (Å²) in [6.07, 6.45) is 2.39. The summed E-state index contributed by atoms with van der Waals surface area (Å²) in [7, 11) is 0. The molecule has 0 unspecified atom stereocenters. The van der Waals surface area contributed by atoms with Crippen molar-refractivity contribution in [2.75, 3.05) is 5.73 Å². The van der Waals surface area contributed by atoms with E-state index in [4.69, 9.17) is 5.73 Å². The molecule has 1 aliphatic carbocycles. The molecule has 82 valence electrons. The molecule has 3 nitrogen and oxygen atoms in total. The van der Waals surface area contributed by atoms with Gasteiger partial charge in [-0.1, -0.05) is 0 Å². The minimum absolute atomic E-state index is 0.0492. The Hall–Kier alpha value is -1.25. The fourth-order valence-electron chi connectivity index (χ4n) is 1.96. The summed E-state index contributed by atoms with van der Waals surface area (Å²) in [6, 6.07) is 3.73. The van der Waals surface area contributed by atoms with Crippen LogP contribution in [0.1, 0.15) is 45.2 Å². The molecule has 1 saturated carbocycles. The zero-order valence-corrected chi connectivity index (χ0v) is 9.58. The second-order valence-electron chi connectivity index (χ2n) is 5.30. The summed E-state index contributed by atoms with van der Waals surface area (Å²) in [5, 5.41) is 0. The van der Waals surface area contributed by atoms with Crippen LogP contribution in [-0.4, -0.2) is 4.57 Å². The monoisotopic (exact) mass is 206 g/mol. The number of aromatic nitrogens is 1. The van der Waals surface area contributed by atoms with E-state index in [9.17, 15) is 4.79 Å². The lowest BCUT2D eigenvalue weighted by Gasteiger charge is -2.26. The van der Waals surface area contributed by atoms with Gasteiger partial charge in [0, 0.05) is 11.2 Å². The molecule has 1 aromatic heterocycles. The van der Waals surface area contributed by atoms with E-state index < -0.39 is 0 Å². The first-order valence-corrected chi connectivity index (χ1v) is 5.43. The molecule has 15 heavy (non-hydrogen) atoms. The first kappa shape index (κ1) is 10.3. The Morgan fingerprint density at radius 3 is 2.40 bits per heavy atom. The maximum atomic E-state index is 12.0. The van der Waals surface area contributed by atoms with Gasteiger partial charge in [-0.15, -0.1) is 0 Å². The van der Waals surface area contributed by atoms with Crippen molar-refractivity contribution in [1.29, 1.82) is 0 Å². The Labute approximate surface area is 89.9 Å². The number of anilines is 1. The van der Waals surface area contributed by atoms with Crippen LogP contribution in [0, 0.1) is 0 Å². The third kappa shape index (κ3) is 1.78. The van der Waals surface area contributed by atoms with Crippen LogP contribution in [0.15, 0.2) is 16.9 Å². The average molecular weight is 206 g/mol. The Kier molecular flexibility index (Phi) is 2.14. The third-order valence-corrected chi connectivity index (χ3v) is 2.81. The van der Waals surface area contributed by atoms with Crippen LogP contribution >= 0.6 is 0 Å². The van der Waals surface area contributed by atoms with E-state index >= 15 is 0 Å². The first-order valence-electron chi connectivity index (χ1n) is 5.43. The molecule has 3 heteroatoms. The number of nitrogens with two attached hydrogens (primary N) is 1. The quantitative estimate of drug-likeness (QED) is 0.764. The minimum atomic E-state index is -0.190. The summed E-state index contributed by atoms with van der Waals surface area (Å²) in [5.41, 5.74) is 6.92. The third-order valence-electron chi connectivity index (χ3n) is 2.81. The van der Waals surface area contributed by atoms with Crippen molar-refractivity contribution in [3.8, 4) is 0 Å². The highest BCUT2D eigenvalue weighted by atomic mass is 16.1. The molecule has 1 aliphatic rings. The minimum Gasteiger partial charge on any atom is -0.394 e. The average Bonchev–Trinajstić information content (AvgIpc) is 2.90. The summed E-state index contributed by atoms with van der Waals surface area (Å²) >= 11 is 0. The molecule has 0 aromatic carbocycles. The smallest absolute Gasteiger partial charge is 0.274 e. The number of hydrogen-bond donors (Lipinski definition) is 1. The number of nitrogen functional groups attached to an aromatic ring is 1. The van der Waals surface area contributed by atoms with E-state index in [2.05, 4.69) is 0 Å². The molecule has 0 saturated heterocycles. The van der Waals surface area contributed by atoms with Gasteiger partial charge in [-0.2, -0.15) is 0 Å². The van der Waals surface area contributed by atoms with Crippen LogP contribution in [0.2, 0.25) is 0 Å². The van der Waals surface area contributed by atoms with Gasteiger partial charge in [-0.3, -0.25) is 4.79 Å². The van der Waals surface area contributed by atoms with Gasteiger partial charge in [0.25, 0.3) is 5.56 Å². The Morgan fingerprint density at radius 2 is 1.93 bits per heavy atom. The fraction of sp³-hybridized carbons (Fsp3) is 0.583. The van der Waals surface area contributed by atoms with E-state index in [1.807, 2.05) is 31.4 Å². The molecule has 1 aromatic rings. The van der Waals surface area contributed by atoms with Crippen molar-refractivity contribution in [3.63, 3.8) is 0 Å². The van der Waals surface area contributed by atoms with Crippen molar-refractivity contribution >= 4 is 5.69 Å². The number of rotatable bonds is 1. The van der Waals surface area contributed by atoms with Crippen molar-refractivity contribution < 1.29 is 0 Å². The summed E-state index contributed by atoms with van der Waals surface area (Å²) in [6.45, 7) is 6.12. The lowest BCUT2D eigenvalue weighted by molar-refractivity contribution is 0.372. The molecule has 0 amide bonds. The van der Waals surface area contributed by atoms with Crippen LogP contribution in [0.4, 0.5) is 5.69 Å². The maximum absolute atomic E-state index is 12.0. The number of hydrogen-bond acceptors (Lipinski definition) is 2. The fourth-order valence-corrected chi connectivity index (χ4v) is 1.96. The van der Waals surface area contributed by atoms with Crippen LogP contribution in [-0.2, 0) is 5.54 Å². The zero-order valence-electron chi connectivity index (χ0n) is 9.58. The van der Waals surface area contributed by atoms with Gasteiger partial charge in [0.15, 0.2) is 0 Å². The molecule has 2 rings (SSSR count). The highest BCUT2D eigenvalue weighted by Crippen LogP contribution is 2.40. The van der Waals surface area contributed by atoms with Crippen LogP contribution in [0.5, 0.6) is 0 Å². The van der Waals surface area contributed by atoms with Crippen molar-refractivity contribution in [2.24, 2.45) is 0 Å². The first-order chi connectivity index (χ1) is 6.91. The molecule has 2 N–H and O–H groups in total. The molecule has 1 fully saturated rings. The van der Waals surface area contributed by atoms with Gasteiger partial charge in [-0.25, -0.2) is 0 Å².